The van der Waals surface area contributed by atoms with Gasteiger partial charge in [0.05, 0.1) is 36.9 Å². The molecule has 2 amide bonds. The molecule has 1 aromatic heterocycles. The zero-order chi connectivity index (χ0) is 27.2. The number of fused-ring (bicyclic) bond motifs is 1. The summed E-state index contributed by atoms with van der Waals surface area (Å²) in [5, 5.41) is 6.14. The van der Waals surface area contributed by atoms with Gasteiger partial charge in [-0.3, -0.25) is 28.4 Å². The first-order valence-corrected chi connectivity index (χ1v) is 12.6. The van der Waals surface area contributed by atoms with Crippen molar-refractivity contribution in [2.45, 2.75) is 20.0 Å². The molecule has 1 aliphatic rings. The molecule has 12 heteroatoms. The molecule has 1 fully saturated rings. The minimum Gasteiger partial charge on any atom is -0.495 e. The minimum absolute atomic E-state index is 0.219. The van der Waals surface area contributed by atoms with Crippen LogP contribution < -0.4 is 26.6 Å². The molecule has 2 heterocycles. The van der Waals surface area contributed by atoms with E-state index >= 15 is 0 Å². The van der Waals surface area contributed by atoms with Crippen LogP contribution in [0.15, 0.2) is 46.0 Å². The fraction of sp³-hybridized carbons (Fsp3) is 0.385. The quantitative estimate of drug-likeness (QED) is 0.416. The van der Waals surface area contributed by atoms with Crippen molar-refractivity contribution in [1.29, 1.82) is 0 Å². The molecule has 11 nitrogen and oxygen atoms in total. The monoisotopic (exact) mass is 543 g/mol. The Labute approximate surface area is 223 Å². The van der Waals surface area contributed by atoms with E-state index in [0.29, 0.717) is 42.8 Å². The predicted octanol–water partition coefficient (Wildman–Crippen LogP) is 1.22. The fourth-order valence-corrected chi connectivity index (χ4v) is 4.46. The van der Waals surface area contributed by atoms with Crippen LogP contribution in [0.25, 0.3) is 10.9 Å². The summed E-state index contributed by atoms with van der Waals surface area (Å²) in [4.78, 5) is 54.3. The first-order chi connectivity index (χ1) is 18.3. The zero-order valence-electron chi connectivity index (χ0n) is 21.3. The molecule has 38 heavy (non-hydrogen) atoms. The average Bonchev–Trinajstić information content (AvgIpc) is 2.91. The number of aryl methyl sites for hydroxylation is 1. The molecule has 0 saturated carbocycles. The van der Waals surface area contributed by atoms with Gasteiger partial charge in [0.25, 0.3) is 5.56 Å². The van der Waals surface area contributed by atoms with Crippen LogP contribution in [0.3, 0.4) is 0 Å². The summed E-state index contributed by atoms with van der Waals surface area (Å²) in [6.45, 7) is 4.83. The standard InChI is InChI=1S/C26H30ClN5O6/c1-17-13-22(37-2)20(14-19(17)27)29-24(34)16-31-21-6-4-3-5-18(21)25(35)32(26(31)36)15-23(33)28-7-8-30-9-11-38-12-10-30/h3-6,13-14H,7-12,15-16H2,1-2H3,(H,28,33)(H,29,34). The molecule has 0 aliphatic carbocycles. The number of carbonyl (C=O) groups is 2. The van der Waals surface area contributed by atoms with Gasteiger partial charge in [0.15, 0.2) is 0 Å². The van der Waals surface area contributed by atoms with Crippen LogP contribution in [-0.4, -0.2) is 72.4 Å². The Balaban J connectivity index is 1.55. The Morgan fingerprint density at radius 3 is 2.50 bits per heavy atom. The summed E-state index contributed by atoms with van der Waals surface area (Å²) in [5.41, 5.74) is 0.0478. The molecule has 0 unspecified atom stereocenters. The number of halogens is 1. The number of morpholine rings is 1. The van der Waals surface area contributed by atoms with Gasteiger partial charge < -0.3 is 20.1 Å². The molecule has 2 aromatic carbocycles. The van der Waals surface area contributed by atoms with Crippen LogP contribution in [0, 0.1) is 6.92 Å². The lowest BCUT2D eigenvalue weighted by Crippen LogP contribution is -2.46. The molecule has 1 saturated heterocycles. The Hall–Kier alpha value is -3.67. The summed E-state index contributed by atoms with van der Waals surface area (Å²) in [6, 6.07) is 9.72. The Morgan fingerprint density at radius 2 is 1.76 bits per heavy atom. The highest BCUT2D eigenvalue weighted by molar-refractivity contribution is 6.31. The summed E-state index contributed by atoms with van der Waals surface area (Å²) in [7, 11) is 1.47. The van der Waals surface area contributed by atoms with Crippen molar-refractivity contribution in [3.63, 3.8) is 0 Å². The number of nitrogens with one attached hydrogen (secondary N) is 2. The maximum atomic E-state index is 13.4. The maximum Gasteiger partial charge on any atom is 0.332 e. The van der Waals surface area contributed by atoms with Gasteiger partial charge in [0.1, 0.15) is 18.8 Å². The third kappa shape index (κ3) is 6.24. The molecule has 4 rings (SSSR count). The van der Waals surface area contributed by atoms with Crippen molar-refractivity contribution in [2.75, 3.05) is 51.8 Å². The van der Waals surface area contributed by atoms with Gasteiger partial charge in [-0.1, -0.05) is 23.7 Å². The van der Waals surface area contributed by atoms with Gasteiger partial charge in [-0.15, -0.1) is 0 Å². The number of nitrogens with zero attached hydrogens (tertiary/aromatic N) is 3. The van der Waals surface area contributed by atoms with E-state index in [1.165, 1.54) is 11.7 Å². The molecule has 0 radical (unpaired) electrons. The van der Waals surface area contributed by atoms with Crippen LogP contribution in [0.5, 0.6) is 5.75 Å². The SMILES string of the molecule is COc1cc(C)c(Cl)cc1NC(=O)Cn1c(=O)n(CC(=O)NCCN2CCOCC2)c(=O)c2ccccc21. The molecular formula is C26H30ClN5O6. The number of aromatic nitrogens is 2. The Morgan fingerprint density at radius 1 is 1.05 bits per heavy atom. The lowest BCUT2D eigenvalue weighted by Gasteiger charge is -2.26. The number of anilines is 1. The molecule has 0 bridgehead atoms. The normalized spacial score (nSPS) is 13.9. The third-order valence-corrected chi connectivity index (χ3v) is 6.75. The van der Waals surface area contributed by atoms with Crippen molar-refractivity contribution in [1.82, 2.24) is 19.4 Å². The number of methoxy groups -OCH3 is 1. The molecule has 0 spiro atoms. The van der Waals surface area contributed by atoms with E-state index in [2.05, 4.69) is 15.5 Å². The number of amides is 2. The number of hydrogen-bond acceptors (Lipinski definition) is 7. The first-order valence-electron chi connectivity index (χ1n) is 12.2. The third-order valence-electron chi connectivity index (χ3n) is 6.34. The topological polar surface area (TPSA) is 124 Å². The summed E-state index contributed by atoms with van der Waals surface area (Å²) in [6.07, 6.45) is 0. The lowest BCUT2D eigenvalue weighted by atomic mass is 10.2. The van der Waals surface area contributed by atoms with Crippen LogP contribution in [-0.2, 0) is 27.4 Å². The maximum absolute atomic E-state index is 13.4. The van der Waals surface area contributed by atoms with E-state index in [-0.39, 0.29) is 10.9 Å². The van der Waals surface area contributed by atoms with Gasteiger partial charge >= 0.3 is 5.69 Å². The van der Waals surface area contributed by atoms with Crippen molar-refractivity contribution < 1.29 is 19.1 Å². The number of carbonyl (C=O) groups excluding carboxylic acids is 2. The second kappa shape index (κ2) is 12.2. The number of hydrogen-bond donors (Lipinski definition) is 2. The van der Waals surface area contributed by atoms with Crippen LogP contribution in [0.4, 0.5) is 5.69 Å². The first kappa shape index (κ1) is 27.4. The lowest BCUT2D eigenvalue weighted by molar-refractivity contribution is -0.121. The smallest absolute Gasteiger partial charge is 0.332 e. The second-order valence-corrected chi connectivity index (χ2v) is 9.34. The van der Waals surface area contributed by atoms with E-state index in [1.54, 1.807) is 36.4 Å². The van der Waals surface area contributed by atoms with Gasteiger partial charge in [-0.05, 0) is 36.8 Å². The van der Waals surface area contributed by atoms with Gasteiger partial charge in [-0.25, -0.2) is 4.79 Å². The van der Waals surface area contributed by atoms with Crippen LogP contribution >= 0.6 is 11.6 Å². The van der Waals surface area contributed by atoms with E-state index in [4.69, 9.17) is 21.1 Å². The Bertz CT molecular complexity index is 1460. The highest BCUT2D eigenvalue weighted by atomic mass is 35.5. The molecule has 1 aliphatic heterocycles. The van der Waals surface area contributed by atoms with Crippen molar-refractivity contribution in [2.24, 2.45) is 0 Å². The van der Waals surface area contributed by atoms with E-state index < -0.39 is 36.2 Å². The van der Waals surface area contributed by atoms with Crippen LogP contribution in [0.2, 0.25) is 5.02 Å². The molecule has 202 valence electrons. The predicted molar refractivity (Wildman–Crippen MR) is 144 cm³/mol. The van der Waals surface area contributed by atoms with E-state index in [0.717, 1.165) is 23.2 Å². The van der Waals surface area contributed by atoms with Gasteiger partial charge in [0, 0.05) is 31.2 Å². The van der Waals surface area contributed by atoms with Crippen LogP contribution in [0.1, 0.15) is 5.56 Å². The summed E-state index contributed by atoms with van der Waals surface area (Å²) < 4.78 is 12.7. The number of para-hydroxylation sites is 1. The highest BCUT2D eigenvalue weighted by Crippen LogP contribution is 2.30. The largest absolute Gasteiger partial charge is 0.495 e. The molecule has 3 aromatic rings. The average molecular weight is 544 g/mol. The van der Waals surface area contributed by atoms with Crippen molar-refractivity contribution >= 4 is 40.0 Å². The summed E-state index contributed by atoms with van der Waals surface area (Å²) >= 11 is 6.21. The van der Waals surface area contributed by atoms with Gasteiger partial charge in [0.2, 0.25) is 11.8 Å². The zero-order valence-corrected chi connectivity index (χ0v) is 22.0. The Kier molecular flexibility index (Phi) is 8.82. The summed E-state index contributed by atoms with van der Waals surface area (Å²) in [5.74, 6) is -0.588. The number of benzene rings is 2. The van der Waals surface area contributed by atoms with E-state index in [9.17, 15) is 19.2 Å². The second-order valence-electron chi connectivity index (χ2n) is 8.93. The van der Waals surface area contributed by atoms with Gasteiger partial charge in [-0.2, -0.15) is 0 Å². The highest BCUT2D eigenvalue weighted by Gasteiger charge is 2.19. The molecule has 2 N–H and O–H groups in total. The molecule has 0 atom stereocenters. The number of ether oxygens (including phenoxy) is 2. The van der Waals surface area contributed by atoms with Crippen molar-refractivity contribution in [3.05, 3.63) is 67.8 Å². The molecular weight excluding hydrogens is 514 g/mol. The minimum atomic E-state index is -0.763. The fourth-order valence-electron chi connectivity index (χ4n) is 4.30. The van der Waals surface area contributed by atoms with Crippen molar-refractivity contribution in [3.8, 4) is 5.75 Å². The van der Waals surface area contributed by atoms with E-state index in [1.807, 2.05) is 6.92 Å². The number of rotatable bonds is 9.